The summed E-state index contributed by atoms with van der Waals surface area (Å²) in [7, 11) is 0. The van der Waals surface area contributed by atoms with Crippen LogP contribution < -0.4 is 5.73 Å². The van der Waals surface area contributed by atoms with E-state index in [2.05, 4.69) is 0 Å². The van der Waals surface area contributed by atoms with E-state index in [1.165, 1.54) is 0 Å². The van der Waals surface area contributed by atoms with Gasteiger partial charge in [0, 0.05) is 12.5 Å². The first kappa shape index (κ1) is 10.9. The second kappa shape index (κ2) is 5.50. The molecule has 4 heteroatoms. The predicted molar refractivity (Wildman–Crippen MR) is 54.9 cm³/mol. The summed E-state index contributed by atoms with van der Waals surface area (Å²) in [6.45, 7) is 0. The van der Waals surface area contributed by atoms with Gasteiger partial charge in [-0.05, 0) is 36.7 Å². The van der Waals surface area contributed by atoms with Crippen molar-refractivity contribution in [3.63, 3.8) is 0 Å². The summed E-state index contributed by atoms with van der Waals surface area (Å²) >= 11 is 1.93. The molecule has 0 aromatic heterocycles. The van der Waals surface area contributed by atoms with Crippen LogP contribution in [0.2, 0.25) is 0 Å². The van der Waals surface area contributed by atoms with E-state index in [0.717, 1.165) is 30.8 Å². The molecule has 0 unspecified atom stereocenters. The van der Waals surface area contributed by atoms with Gasteiger partial charge in [-0.3, -0.25) is 4.79 Å². The van der Waals surface area contributed by atoms with Gasteiger partial charge in [-0.25, -0.2) is 0 Å². The maximum Gasteiger partial charge on any atom is 0.303 e. The number of rotatable bonds is 3. The van der Waals surface area contributed by atoms with Gasteiger partial charge >= 0.3 is 5.97 Å². The normalized spacial score (nSPS) is 29.6. The minimum atomic E-state index is -0.705. The Balaban J connectivity index is 2.31. The third kappa shape index (κ3) is 4.00. The summed E-state index contributed by atoms with van der Waals surface area (Å²) in [5.74, 6) is 1.98. The first-order valence-electron chi connectivity index (χ1n) is 4.75. The number of hydrogen-bond donors (Lipinski definition) is 2. The van der Waals surface area contributed by atoms with Crippen molar-refractivity contribution in [2.75, 3.05) is 11.5 Å². The van der Waals surface area contributed by atoms with Crippen LogP contribution in [-0.2, 0) is 4.79 Å². The summed E-state index contributed by atoms with van der Waals surface area (Å²) in [5, 5.41) is 8.55. The number of carboxylic acids is 1. The maximum absolute atomic E-state index is 10.4. The number of hydrogen-bond acceptors (Lipinski definition) is 3. The lowest BCUT2D eigenvalue weighted by Crippen LogP contribution is -2.30. The average Bonchev–Trinajstić information content (AvgIpc) is 2.27. The minimum absolute atomic E-state index is 0.217. The molecule has 0 spiro atoms. The van der Waals surface area contributed by atoms with Gasteiger partial charge in [-0.1, -0.05) is 0 Å². The monoisotopic (exact) mass is 203 g/mol. The van der Waals surface area contributed by atoms with Gasteiger partial charge in [0.15, 0.2) is 0 Å². The highest BCUT2D eigenvalue weighted by molar-refractivity contribution is 7.99. The van der Waals surface area contributed by atoms with E-state index in [1.54, 1.807) is 0 Å². The van der Waals surface area contributed by atoms with Gasteiger partial charge in [-0.15, -0.1) is 0 Å². The maximum atomic E-state index is 10.4. The molecular weight excluding hydrogens is 186 g/mol. The summed E-state index contributed by atoms with van der Waals surface area (Å²) in [6.07, 6.45) is 3.13. The third-order valence-corrected chi connectivity index (χ3v) is 3.61. The minimum Gasteiger partial charge on any atom is -0.481 e. The van der Waals surface area contributed by atoms with E-state index in [4.69, 9.17) is 10.8 Å². The largest absolute Gasteiger partial charge is 0.481 e. The molecule has 1 saturated heterocycles. The van der Waals surface area contributed by atoms with Crippen LogP contribution in [0.1, 0.15) is 25.7 Å². The molecule has 1 aliphatic heterocycles. The Bertz CT molecular complexity index is 175. The van der Waals surface area contributed by atoms with Crippen LogP contribution >= 0.6 is 11.8 Å². The molecule has 1 heterocycles. The van der Waals surface area contributed by atoms with Gasteiger partial charge < -0.3 is 10.8 Å². The molecule has 1 fully saturated rings. The van der Waals surface area contributed by atoms with Crippen molar-refractivity contribution in [3.8, 4) is 0 Å². The van der Waals surface area contributed by atoms with Gasteiger partial charge in [0.1, 0.15) is 0 Å². The first-order valence-corrected chi connectivity index (χ1v) is 5.90. The predicted octanol–water partition coefficient (Wildman–Crippen LogP) is 1.32. The summed E-state index contributed by atoms with van der Waals surface area (Å²) in [4.78, 5) is 10.4. The topological polar surface area (TPSA) is 63.3 Å². The third-order valence-electron chi connectivity index (χ3n) is 2.56. The lowest BCUT2D eigenvalue weighted by atomic mass is 9.91. The van der Waals surface area contributed by atoms with Crippen molar-refractivity contribution in [2.45, 2.75) is 31.7 Å². The summed E-state index contributed by atoms with van der Waals surface area (Å²) in [6, 6.07) is 0.217. The van der Waals surface area contributed by atoms with E-state index in [-0.39, 0.29) is 12.5 Å². The van der Waals surface area contributed by atoms with Crippen LogP contribution in [0.4, 0.5) is 0 Å². The molecular formula is C9H17NO2S. The van der Waals surface area contributed by atoms with E-state index < -0.39 is 5.97 Å². The van der Waals surface area contributed by atoms with Crippen molar-refractivity contribution in [1.82, 2.24) is 0 Å². The van der Waals surface area contributed by atoms with Crippen LogP contribution in [0.5, 0.6) is 0 Å². The Hall–Kier alpha value is -0.220. The van der Waals surface area contributed by atoms with Gasteiger partial charge in [0.05, 0.1) is 0 Å². The second-order valence-corrected chi connectivity index (χ2v) is 4.77. The van der Waals surface area contributed by atoms with Crippen molar-refractivity contribution >= 4 is 17.7 Å². The lowest BCUT2D eigenvalue weighted by molar-refractivity contribution is -0.137. The fourth-order valence-corrected chi connectivity index (χ4v) is 2.79. The van der Waals surface area contributed by atoms with Crippen molar-refractivity contribution in [1.29, 1.82) is 0 Å². The van der Waals surface area contributed by atoms with Gasteiger partial charge in [0.25, 0.3) is 0 Å². The highest BCUT2D eigenvalue weighted by Gasteiger charge is 2.20. The van der Waals surface area contributed by atoms with Crippen LogP contribution in [0.15, 0.2) is 0 Å². The fourth-order valence-electron chi connectivity index (χ4n) is 1.67. The van der Waals surface area contributed by atoms with E-state index in [9.17, 15) is 4.79 Å². The zero-order valence-corrected chi connectivity index (χ0v) is 8.55. The fraction of sp³-hybridized carbons (Fsp3) is 0.889. The number of carboxylic acid groups (broad SMARTS) is 1. The molecule has 1 aliphatic rings. The zero-order chi connectivity index (χ0) is 9.68. The Kier molecular flexibility index (Phi) is 4.59. The molecule has 0 aliphatic carbocycles. The van der Waals surface area contributed by atoms with Crippen LogP contribution in [0, 0.1) is 5.92 Å². The molecule has 13 heavy (non-hydrogen) atoms. The highest BCUT2D eigenvalue weighted by atomic mass is 32.2. The van der Waals surface area contributed by atoms with Crippen molar-refractivity contribution in [2.24, 2.45) is 11.7 Å². The average molecular weight is 203 g/mol. The standard InChI is InChI=1S/C9H17NO2S/c10-8-4-6-13-5-3-7(8)1-2-9(11)12/h7-8H,1-6,10H2,(H,11,12)/t7-,8+/m0/s1. The second-order valence-electron chi connectivity index (χ2n) is 3.55. The molecule has 1 rings (SSSR count). The number of thioether (sulfide) groups is 1. The molecule has 3 nitrogen and oxygen atoms in total. The Morgan fingerprint density at radius 3 is 2.85 bits per heavy atom. The number of carbonyl (C=O) groups is 1. The molecule has 0 aromatic rings. The smallest absolute Gasteiger partial charge is 0.303 e. The van der Waals surface area contributed by atoms with E-state index >= 15 is 0 Å². The zero-order valence-electron chi connectivity index (χ0n) is 7.74. The van der Waals surface area contributed by atoms with Crippen molar-refractivity contribution in [3.05, 3.63) is 0 Å². The molecule has 0 radical (unpaired) electrons. The first-order chi connectivity index (χ1) is 6.20. The Labute approximate surface area is 83.1 Å². The molecule has 76 valence electrons. The highest BCUT2D eigenvalue weighted by Crippen LogP contribution is 2.24. The Morgan fingerprint density at radius 1 is 1.46 bits per heavy atom. The molecule has 0 saturated carbocycles. The summed E-state index contributed by atoms with van der Waals surface area (Å²) < 4.78 is 0. The SMILES string of the molecule is N[C@@H]1CCSCC[C@@H]1CCC(=O)O. The lowest BCUT2D eigenvalue weighted by Gasteiger charge is -2.19. The Morgan fingerprint density at radius 2 is 2.15 bits per heavy atom. The number of aliphatic carboxylic acids is 1. The van der Waals surface area contributed by atoms with E-state index in [0.29, 0.717) is 5.92 Å². The quantitative estimate of drug-likeness (QED) is 0.726. The van der Waals surface area contributed by atoms with Crippen LogP contribution in [-0.4, -0.2) is 28.6 Å². The van der Waals surface area contributed by atoms with E-state index in [1.807, 2.05) is 11.8 Å². The van der Waals surface area contributed by atoms with Gasteiger partial charge in [-0.2, -0.15) is 11.8 Å². The summed E-state index contributed by atoms with van der Waals surface area (Å²) in [5.41, 5.74) is 5.96. The van der Waals surface area contributed by atoms with Crippen molar-refractivity contribution < 1.29 is 9.90 Å². The van der Waals surface area contributed by atoms with Crippen LogP contribution in [0.3, 0.4) is 0 Å². The molecule has 3 N–H and O–H groups in total. The number of nitrogens with two attached hydrogens (primary N) is 1. The molecule has 0 amide bonds. The van der Waals surface area contributed by atoms with Crippen LogP contribution in [0.25, 0.3) is 0 Å². The molecule has 2 atom stereocenters. The van der Waals surface area contributed by atoms with Gasteiger partial charge in [0.2, 0.25) is 0 Å². The molecule has 0 aromatic carbocycles. The molecule has 0 bridgehead atoms.